The number of amides is 2. The number of rotatable bonds is 6. The Balaban J connectivity index is 1.49. The predicted octanol–water partition coefficient (Wildman–Crippen LogP) is 3.12. The number of esters is 1. The number of hydrogen-bond donors (Lipinski definition) is 2. The SMILES string of the molecule is CC(=O)N/C(=C\c1ccccc1)C(=O)OCC(=O)Nc1cccc2c1C(=O)c1ccccc1C2=O. The van der Waals surface area contributed by atoms with Gasteiger partial charge in [-0.15, -0.1) is 0 Å². The van der Waals surface area contributed by atoms with Gasteiger partial charge in [0, 0.05) is 23.6 Å². The molecule has 0 radical (unpaired) electrons. The van der Waals surface area contributed by atoms with Gasteiger partial charge < -0.3 is 15.4 Å². The Labute approximate surface area is 200 Å². The van der Waals surface area contributed by atoms with Crippen LogP contribution in [0.1, 0.15) is 44.3 Å². The van der Waals surface area contributed by atoms with Crippen molar-refractivity contribution < 1.29 is 28.7 Å². The summed E-state index contributed by atoms with van der Waals surface area (Å²) in [5, 5.41) is 4.94. The van der Waals surface area contributed by atoms with Crippen LogP contribution in [-0.4, -0.2) is 36.0 Å². The van der Waals surface area contributed by atoms with Crippen molar-refractivity contribution in [3.05, 3.63) is 106 Å². The van der Waals surface area contributed by atoms with Gasteiger partial charge in [0.2, 0.25) is 5.91 Å². The fourth-order valence-electron chi connectivity index (χ4n) is 3.70. The second-order valence-corrected chi connectivity index (χ2v) is 7.71. The van der Waals surface area contributed by atoms with Crippen LogP contribution in [0.4, 0.5) is 5.69 Å². The highest BCUT2D eigenvalue weighted by atomic mass is 16.5. The number of ketones is 2. The second-order valence-electron chi connectivity index (χ2n) is 7.71. The van der Waals surface area contributed by atoms with Crippen LogP contribution >= 0.6 is 0 Å². The second kappa shape index (κ2) is 9.96. The molecule has 35 heavy (non-hydrogen) atoms. The van der Waals surface area contributed by atoms with E-state index >= 15 is 0 Å². The molecule has 0 spiro atoms. The zero-order chi connectivity index (χ0) is 24.9. The molecule has 8 nitrogen and oxygen atoms in total. The lowest BCUT2D eigenvalue weighted by Crippen LogP contribution is -2.29. The van der Waals surface area contributed by atoms with E-state index in [0.717, 1.165) is 0 Å². The summed E-state index contributed by atoms with van der Waals surface area (Å²) in [5.41, 5.74) is 1.48. The molecule has 0 unspecified atom stereocenters. The third kappa shape index (κ3) is 5.06. The molecule has 3 aromatic carbocycles. The fourth-order valence-corrected chi connectivity index (χ4v) is 3.70. The first kappa shape index (κ1) is 23.3. The molecule has 1 aliphatic rings. The summed E-state index contributed by atoms with van der Waals surface area (Å²) >= 11 is 0. The van der Waals surface area contributed by atoms with Gasteiger partial charge in [-0.05, 0) is 17.7 Å². The van der Waals surface area contributed by atoms with Crippen LogP contribution < -0.4 is 10.6 Å². The van der Waals surface area contributed by atoms with Crippen LogP contribution in [0.3, 0.4) is 0 Å². The molecule has 2 N–H and O–H groups in total. The van der Waals surface area contributed by atoms with Crippen molar-refractivity contribution in [2.24, 2.45) is 0 Å². The molecule has 8 heteroatoms. The van der Waals surface area contributed by atoms with Gasteiger partial charge in [0.05, 0.1) is 11.3 Å². The molecule has 0 bridgehead atoms. The van der Waals surface area contributed by atoms with Gasteiger partial charge in [-0.3, -0.25) is 19.2 Å². The average Bonchev–Trinajstić information content (AvgIpc) is 2.85. The van der Waals surface area contributed by atoms with E-state index in [1.807, 2.05) is 0 Å². The largest absolute Gasteiger partial charge is 0.451 e. The Morgan fingerprint density at radius 1 is 0.800 bits per heavy atom. The summed E-state index contributed by atoms with van der Waals surface area (Å²) in [6.07, 6.45) is 1.43. The van der Waals surface area contributed by atoms with Gasteiger partial charge in [0.1, 0.15) is 5.70 Å². The third-order valence-electron chi connectivity index (χ3n) is 5.20. The number of carbonyl (C=O) groups excluding carboxylic acids is 5. The molecule has 4 rings (SSSR count). The van der Waals surface area contributed by atoms with Crippen molar-refractivity contribution in [1.29, 1.82) is 0 Å². The lowest BCUT2D eigenvalue weighted by atomic mass is 9.83. The highest BCUT2D eigenvalue weighted by Gasteiger charge is 2.31. The summed E-state index contributed by atoms with van der Waals surface area (Å²) < 4.78 is 5.07. The zero-order valence-corrected chi connectivity index (χ0v) is 18.7. The molecule has 0 heterocycles. The quantitative estimate of drug-likeness (QED) is 0.332. The van der Waals surface area contributed by atoms with Gasteiger partial charge in [0.15, 0.2) is 18.2 Å². The fraction of sp³-hybridized carbons (Fsp3) is 0.0741. The minimum atomic E-state index is -0.908. The lowest BCUT2D eigenvalue weighted by molar-refractivity contribution is -0.144. The average molecular weight is 468 g/mol. The third-order valence-corrected chi connectivity index (χ3v) is 5.20. The minimum absolute atomic E-state index is 0.0822. The summed E-state index contributed by atoms with van der Waals surface area (Å²) in [6, 6.07) is 19.8. The molecule has 0 saturated heterocycles. The first-order valence-corrected chi connectivity index (χ1v) is 10.7. The summed E-state index contributed by atoms with van der Waals surface area (Å²) in [5.74, 6) is -2.80. The Morgan fingerprint density at radius 2 is 1.43 bits per heavy atom. The van der Waals surface area contributed by atoms with Gasteiger partial charge in [0.25, 0.3) is 5.91 Å². The number of benzene rings is 3. The maximum atomic E-state index is 13.1. The molecular formula is C27H20N2O6. The minimum Gasteiger partial charge on any atom is -0.451 e. The van der Waals surface area contributed by atoms with E-state index in [9.17, 15) is 24.0 Å². The predicted molar refractivity (Wildman–Crippen MR) is 128 cm³/mol. The van der Waals surface area contributed by atoms with Crippen molar-refractivity contribution in [3.63, 3.8) is 0 Å². The van der Waals surface area contributed by atoms with Gasteiger partial charge in [-0.1, -0.05) is 66.7 Å². The number of fused-ring (bicyclic) bond motifs is 2. The Hall–Kier alpha value is -4.85. The molecule has 3 aromatic rings. The normalized spacial score (nSPS) is 12.3. The lowest BCUT2D eigenvalue weighted by Gasteiger charge is -2.20. The van der Waals surface area contributed by atoms with Gasteiger partial charge in [-0.2, -0.15) is 0 Å². The van der Waals surface area contributed by atoms with E-state index in [2.05, 4.69) is 10.6 Å². The maximum Gasteiger partial charge on any atom is 0.355 e. The van der Waals surface area contributed by atoms with Crippen molar-refractivity contribution in [3.8, 4) is 0 Å². The smallest absolute Gasteiger partial charge is 0.355 e. The highest BCUT2D eigenvalue weighted by Crippen LogP contribution is 2.31. The number of ether oxygens (including phenoxy) is 1. The number of carbonyl (C=O) groups is 5. The first-order valence-electron chi connectivity index (χ1n) is 10.7. The van der Waals surface area contributed by atoms with E-state index < -0.39 is 24.4 Å². The molecule has 0 fully saturated rings. The molecule has 0 atom stereocenters. The van der Waals surface area contributed by atoms with Gasteiger partial charge >= 0.3 is 5.97 Å². The molecular weight excluding hydrogens is 448 g/mol. The molecule has 2 amide bonds. The zero-order valence-electron chi connectivity index (χ0n) is 18.7. The summed E-state index contributed by atoms with van der Waals surface area (Å²) in [4.78, 5) is 62.5. The Morgan fingerprint density at radius 3 is 2.11 bits per heavy atom. The van der Waals surface area contributed by atoms with Crippen molar-refractivity contribution >= 4 is 41.1 Å². The van der Waals surface area contributed by atoms with Crippen molar-refractivity contribution in [2.75, 3.05) is 11.9 Å². The van der Waals surface area contributed by atoms with E-state index in [0.29, 0.717) is 11.1 Å². The number of nitrogens with one attached hydrogen (secondary N) is 2. The van der Waals surface area contributed by atoms with Crippen LogP contribution in [0.5, 0.6) is 0 Å². The monoisotopic (exact) mass is 468 g/mol. The molecule has 0 aliphatic heterocycles. The molecule has 174 valence electrons. The maximum absolute atomic E-state index is 13.1. The van der Waals surface area contributed by atoms with E-state index in [1.165, 1.54) is 25.1 Å². The van der Waals surface area contributed by atoms with E-state index in [1.54, 1.807) is 60.7 Å². The molecule has 0 saturated carbocycles. The van der Waals surface area contributed by atoms with Crippen LogP contribution in [-0.2, 0) is 19.1 Å². The highest BCUT2D eigenvalue weighted by molar-refractivity contribution is 6.30. The van der Waals surface area contributed by atoms with Crippen LogP contribution in [0.15, 0.2) is 78.5 Å². The number of anilines is 1. The molecule has 1 aliphatic carbocycles. The standard InChI is InChI=1S/C27H20N2O6/c1-16(30)28-22(14-17-8-3-2-4-9-17)27(34)35-15-23(31)29-21-13-7-12-20-24(21)26(33)19-11-6-5-10-18(19)25(20)32/h2-14H,15H2,1H3,(H,28,30)(H,29,31)/b22-14-. The van der Waals surface area contributed by atoms with Gasteiger partial charge in [-0.25, -0.2) is 4.79 Å². The van der Waals surface area contributed by atoms with Crippen molar-refractivity contribution in [1.82, 2.24) is 5.32 Å². The summed E-state index contributed by atoms with van der Waals surface area (Å²) in [6.45, 7) is 0.570. The Bertz CT molecular complexity index is 1390. The van der Waals surface area contributed by atoms with E-state index in [4.69, 9.17) is 4.74 Å². The summed E-state index contributed by atoms with van der Waals surface area (Å²) in [7, 11) is 0. The molecule has 0 aromatic heterocycles. The van der Waals surface area contributed by atoms with E-state index in [-0.39, 0.29) is 39.6 Å². The van der Waals surface area contributed by atoms with Crippen LogP contribution in [0.25, 0.3) is 6.08 Å². The first-order chi connectivity index (χ1) is 16.8. The number of hydrogen-bond acceptors (Lipinski definition) is 6. The Kier molecular flexibility index (Phi) is 6.64. The van der Waals surface area contributed by atoms with Crippen LogP contribution in [0.2, 0.25) is 0 Å². The van der Waals surface area contributed by atoms with Crippen LogP contribution in [0, 0.1) is 0 Å². The van der Waals surface area contributed by atoms with Crippen molar-refractivity contribution in [2.45, 2.75) is 6.92 Å². The topological polar surface area (TPSA) is 119 Å².